The molecule has 1 heterocycles. The molecule has 0 aliphatic carbocycles. The maximum Gasteiger partial charge on any atom is 0.307 e. The number of ether oxygens (including phenoxy) is 1. The zero-order valence-corrected chi connectivity index (χ0v) is 9.99. The Bertz CT molecular complexity index is 256. The number of carbonyl (C=O) groups excluding carboxylic acids is 2. The number of carbonyl (C=O) groups is 2. The van der Waals surface area contributed by atoms with Gasteiger partial charge in [0.1, 0.15) is 0 Å². The summed E-state index contributed by atoms with van der Waals surface area (Å²) in [6, 6.07) is -0.0578. The van der Waals surface area contributed by atoms with Crippen molar-refractivity contribution < 1.29 is 14.3 Å². The molecule has 1 saturated heterocycles. The summed E-state index contributed by atoms with van der Waals surface area (Å²) in [4.78, 5) is 24.4. The number of nitrogens with one attached hydrogen (secondary N) is 1. The molecule has 1 N–H and O–H groups in total. The normalized spacial score (nSPS) is 20.2. The van der Waals surface area contributed by atoms with Crippen LogP contribution < -0.4 is 5.32 Å². The van der Waals surface area contributed by atoms with Gasteiger partial charge >= 0.3 is 5.97 Å². The maximum atomic E-state index is 11.8. The van der Waals surface area contributed by atoms with Gasteiger partial charge in [0.25, 0.3) is 0 Å². The van der Waals surface area contributed by atoms with E-state index in [0.717, 1.165) is 19.3 Å². The summed E-state index contributed by atoms with van der Waals surface area (Å²) in [6.07, 6.45) is 3.29. The van der Waals surface area contributed by atoms with Crippen molar-refractivity contribution in [1.29, 1.82) is 0 Å². The highest BCUT2D eigenvalue weighted by atomic mass is 16.5. The largest absolute Gasteiger partial charge is 0.469 e. The van der Waals surface area contributed by atoms with Crippen LogP contribution >= 0.6 is 0 Å². The van der Waals surface area contributed by atoms with Crippen LogP contribution in [0.2, 0.25) is 0 Å². The highest BCUT2D eigenvalue weighted by Gasteiger charge is 2.30. The number of amides is 1. The fourth-order valence-electron chi connectivity index (χ4n) is 1.76. The molecule has 5 heteroatoms. The first kappa shape index (κ1) is 13.0. The monoisotopic (exact) mass is 228 g/mol. The summed E-state index contributed by atoms with van der Waals surface area (Å²) < 4.78 is 4.54. The van der Waals surface area contributed by atoms with E-state index in [-0.39, 0.29) is 24.3 Å². The minimum Gasteiger partial charge on any atom is -0.469 e. The Hall–Kier alpha value is -1.10. The van der Waals surface area contributed by atoms with Crippen LogP contribution in [0.5, 0.6) is 0 Å². The van der Waals surface area contributed by atoms with E-state index in [0.29, 0.717) is 13.2 Å². The van der Waals surface area contributed by atoms with Crippen molar-refractivity contribution in [2.45, 2.75) is 38.6 Å². The molecule has 0 aromatic rings. The third-order valence-corrected chi connectivity index (χ3v) is 2.80. The van der Waals surface area contributed by atoms with Crippen LogP contribution in [-0.2, 0) is 14.3 Å². The predicted octanol–water partition coefficient (Wildman–Crippen LogP) is 0.498. The van der Waals surface area contributed by atoms with Crippen LogP contribution in [0.4, 0.5) is 0 Å². The van der Waals surface area contributed by atoms with E-state index < -0.39 is 0 Å². The lowest BCUT2D eigenvalue weighted by atomic mass is 10.1. The number of esters is 1. The van der Waals surface area contributed by atoms with E-state index in [2.05, 4.69) is 17.0 Å². The molecule has 0 radical (unpaired) electrons. The second-order valence-corrected chi connectivity index (χ2v) is 3.98. The molecular weight excluding hydrogens is 208 g/mol. The van der Waals surface area contributed by atoms with Gasteiger partial charge in [0.2, 0.25) is 5.91 Å². The van der Waals surface area contributed by atoms with Gasteiger partial charge in [-0.05, 0) is 6.42 Å². The zero-order chi connectivity index (χ0) is 12.0. The molecule has 1 atom stereocenters. The molecule has 1 aliphatic heterocycles. The molecule has 92 valence electrons. The Morgan fingerprint density at radius 3 is 3.00 bits per heavy atom. The van der Waals surface area contributed by atoms with Gasteiger partial charge in [-0.3, -0.25) is 14.9 Å². The Balaban J connectivity index is 2.30. The van der Waals surface area contributed by atoms with Crippen molar-refractivity contribution in [3.63, 3.8) is 0 Å². The number of rotatable bonds is 6. The molecule has 0 bridgehead atoms. The van der Waals surface area contributed by atoms with Crippen LogP contribution in [0.25, 0.3) is 0 Å². The predicted molar refractivity (Wildman–Crippen MR) is 59.7 cm³/mol. The van der Waals surface area contributed by atoms with Crippen LogP contribution in [0, 0.1) is 0 Å². The highest BCUT2D eigenvalue weighted by Crippen LogP contribution is 2.10. The van der Waals surface area contributed by atoms with Gasteiger partial charge in [-0.15, -0.1) is 0 Å². The maximum absolute atomic E-state index is 11.8. The van der Waals surface area contributed by atoms with Crippen molar-refractivity contribution in [2.75, 3.05) is 20.3 Å². The molecule has 1 amide bonds. The number of methoxy groups -OCH3 is 1. The van der Waals surface area contributed by atoms with E-state index in [1.54, 1.807) is 4.90 Å². The first-order valence-corrected chi connectivity index (χ1v) is 5.78. The van der Waals surface area contributed by atoms with Crippen molar-refractivity contribution in [1.82, 2.24) is 10.2 Å². The van der Waals surface area contributed by atoms with Gasteiger partial charge in [0, 0.05) is 6.54 Å². The third kappa shape index (κ3) is 3.48. The number of nitrogens with zero attached hydrogens (tertiary/aromatic N) is 1. The van der Waals surface area contributed by atoms with Crippen molar-refractivity contribution in [3.8, 4) is 0 Å². The Morgan fingerprint density at radius 2 is 2.38 bits per heavy atom. The topological polar surface area (TPSA) is 58.6 Å². The number of unbranched alkanes of at least 4 members (excludes halogenated alkanes) is 1. The molecule has 1 unspecified atom stereocenters. The van der Waals surface area contributed by atoms with Crippen molar-refractivity contribution in [3.05, 3.63) is 0 Å². The number of hydrogen-bond acceptors (Lipinski definition) is 4. The molecule has 1 fully saturated rings. The van der Waals surface area contributed by atoms with E-state index in [1.165, 1.54) is 7.11 Å². The SMILES string of the molecule is CCCCC1NCN(CCC(=O)OC)C1=O. The molecule has 0 spiro atoms. The standard InChI is InChI=1S/C11H20N2O3/c1-3-4-5-9-11(15)13(8-12-9)7-6-10(14)16-2/h9,12H,3-8H2,1-2H3. The average Bonchev–Trinajstić information content (AvgIpc) is 2.64. The fourth-order valence-corrected chi connectivity index (χ4v) is 1.76. The lowest BCUT2D eigenvalue weighted by Gasteiger charge is -2.14. The molecule has 0 aromatic heterocycles. The van der Waals surface area contributed by atoms with E-state index >= 15 is 0 Å². The molecule has 0 saturated carbocycles. The Labute approximate surface area is 96.1 Å². The quantitative estimate of drug-likeness (QED) is 0.672. The van der Waals surface area contributed by atoms with Crippen LogP contribution in [0.1, 0.15) is 32.6 Å². The highest BCUT2D eigenvalue weighted by molar-refractivity contribution is 5.84. The van der Waals surface area contributed by atoms with E-state index in [1.807, 2.05) is 0 Å². The fraction of sp³-hybridized carbons (Fsp3) is 0.818. The minimum atomic E-state index is -0.273. The first-order chi connectivity index (χ1) is 7.69. The lowest BCUT2D eigenvalue weighted by Crippen LogP contribution is -2.32. The van der Waals surface area contributed by atoms with Crippen LogP contribution in [-0.4, -0.2) is 43.1 Å². The number of hydrogen-bond donors (Lipinski definition) is 1. The van der Waals surface area contributed by atoms with Gasteiger partial charge in [-0.2, -0.15) is 0 Å². The molecule has 5 nitrogen and oxygen atoms in total. The van der Waals surface area contributed by atoms with Crippen LogP contribution in [0.3, 0.4) is 0 Å². The van der Waals surface area contributed by atoms with E-state index in [9.17, 15) is 9.59 Å². The Morgan fingerprint density at radius 1 is 1.62 bits per heavy atom. The second-order valence-electron chi connectivity index (χ2n) is 3.98. The summed E-state index contributed by atoms with van der Waals surface area (Å²) in [7, 11) is 1.36. The summed E-state index contributed by atoms with van der Waals surface area (Å²) in [6.45, 7) is 3.10. The van der Waals surface area contributed by atoms with Crippen molar-refractivity contribution in [2.24, 2.45) is 0 Å². The van der Waals surface area contributed by atoms with Gasteiger partial charge in [-0.1, -0.05) is 19.8 Å². The summed E-state index contributed by atoms with van der Waals surface area (Å²) in [5, 5.41) is 3.16. The van der Waals surface area contributed by atoms with Gasteiger partial charge in [0.05, 0.1) is 26.2 Å². The summed E-state index contributed by atoms with van der Waals surface area (Å²) in [5.41, 5.74) is 0. The summed E-state index contributed by atoms with van der Waals surface area (Å²) in [5.74, 6) is -0.165. The lowest BCUT2D eigenvalue weighted by molar-refractivity contribution is -0.141. The average molecular weight is 228 g/mol. The van der Waals surface area contributed by atoms with Crippen molar-refractivity contribution >= 4 is 11.9 Å². The van der Waals surface area contributed by atoms with E-state index in [4.69, 9.17) is 0 Å². The molecule has 16 heavy (non-hydrogen) atoms. The van der Waals surface area contributed by atoms with Gasteiger partial charge in [0.15, 0.2) is 0 Å². The Kier molecular flexibility index (Phi) is 5.25. The molecular formula is C11H20N2O3. The third-order valence-electron chi connectivity index (χ3n) is 2.80. The van der Waals surface area contributed by atoms with Crippen LogP contribution in [0.15, 0.2) is 0 Å². The van der Waals surface area contributed by atoms with Gasteiger partial charge in [-0.25, -0.2) is 0 Å². The molecule has 1 rings (SSSR count). The molecule has 1 aliphatic rings. The smallest absolute Gasteiger partial charge is 0.307 e. The second kappa shape index (κ2) is 6.48. The first-order valence-electron chi connectivity index (χ1n) is 5.78. The molecule has 0 aromatic carbocycles. The summed E-state index contributed by atoms with van der Waals surface area (Å²) >= 11 is 0. The minimum absolute atomic E-state index is 0.0578. The zero-order valence-electron chi connectivity index (χ0n) is 9.99. The van der Waals surface area contributed by atoms with Gasteiger partial charge < -0.3 is 9.64 Å².